The number of rotatable bonds is 4. The minimum absolute atomic E-state index is 0.203. The van der Waals surface area contributed by atoms with Crippen LogP contribution < -0.4 is 4.72 Å². The molecule has 0 aromatic carbocycles. The van der Waals surface area contributed by atoms with Gasteiger partial charge in [0.15, 0.2) is 0 Å². The minimum atomic E-state index is -3.40. The van der Waals surface area contributed by atoms with Crippen molar-refractivity contribution in [2.75, 3.05) is 13.1 Å². The van der Waals surface area contributed by atoms with Gasteiger partial charge in [0, 0.05) is 13.1 Å². The summed E-state index contributed by atoms with van der Waals surface area (Å²) in [5.41, 5.74) is 0. The van der Waals surface area contributed by atoms with Crippen LogP contribution in [-0.4, -0.2) is 25.8 Å². The van der Waals surface area contributed by atoms with E-state index >= 15 is 0 Å². The topological polar surface area (TPSA) is 62.6 Å². The van der Waals surface area contributed by atoms with Crippen molar-refractivity contribution >= 4 is 10.2 Å². The van der Waals surface area contributed by atoms with Crippen molar-refractivity contribution < 1.29 is 12.8 Å². The van der Waals surface area contributed by atoms with Crippen molar-refractivity contribution in [2.45, 2.75) is 26.8 Å². The Hall–Kier alpha value is -0.850. The molecule has 0 amide bonds. The van der Waals surface area contributed by atoms with E-state index in [4.69, 9.17) is 4.42 Å². The molecule has 2 unspecified atom stereocenters. The molecule has 6 heteroatoms. The van der Waals surface area contributed by atoms with Gasteiger partial charge in [-0.2, -0.15) is 17.4 Å². The van der Waals surface area contributed by atoms with Crippen molar-refractivity contribution in [3.63, 3.8) is 0 Å². The first-order valence-electron chi connectivity index (χ1n) is 6.24. The summed E-state index contributed by atoms with van der Waals surface area (Å²) < 4.78 is 33.5. The van der Waals surface area contributed by atoms with Crippen molar-refractivity contribution in [2.24, 2.45) is 11.8 Å². The highest BCUT2D eigenvalue weighted by atomic mass is 32.2. The molecular formula is C12H20N2O3S. The first-order chi connectivity index (χ1) is 8.47. The average molecular weight is 272 g/mol. The van der Waals surface area contributed by atoms with Crippen LogP contribution in [0.5, 0.6) is 0 Å². The molecule has 0 bridgehead atoms. The predicted molar refractivity (Wildman–Crippen MR) is 69.0 cm³/mol. The molecule has 2 atom stereocenters. The number of hydrogen-bond donors (Lipinski definition) is 1. The standard InChI is InChI=1S/C12H20N2O3S/c1-10-6-11(2)9-14(8-10)18(15,16)13-7-12-4-3-5-17-12/h3-5,10-11,13H,6-9H2,1-2H3. The highest BCUT2D eigenvalue weighted by molar-refractivity contribution is 7.87. The summed E-state index contributed by atoms with van der Waals surface area (Å²) in [5, 5.41) is 0. The summed E-state index contributed by atoms with van der Waals surface area (Å²) in [4.78, 5) is 0. The van der Waals surface area contributed by atoms with Gasteiger partial charge in [0.25, 0.3) is 10.2 Å². The summed E-state index contributed by atoms with van der Waals surface area (Å²) in [7, 11) is -3.40. The predicted octanol–water partition coefficient (Wildman–Crippen LogP) is 1.59. The third-order valence-electron chi connectivity index (χ3n) is 3.18. The monoisotopic (exact) mass is 272 g/mol. The summed E-state index contributed by atoms with van der Waals surface area (Å²) in [6.45, 7) is 5.57. The van der Waals surface area contributed by atoms with E-state index in [1.54, 1.807) is 12.1 Å². The second kappa shape index (κ2) is 5.42. The van der Waals surface area contributed by atoms with Crippen LogP contribution >= 0.6 is 0 Å². The molecule has 1 aliphatic heterocycles. The molecular weight excluding hydrogens is 252 g/mol. The lowest BCUT2D eigenvalue weighted by atomic mass is 9.94. The van der Waals surface area contributed by atoms with E-state index in [2.05, 4.69) is 18.6 Å². The fourth-order valence-corrected chi connectivity index (χ4v) is 3.88. The second-order valence-electron chi connectivity index (χ2n) is 5.17. The number of nitrogens with zero attached hydrogens (tertiary/aromatic N) is 1. The van der Waals surface area contributed by atoms with Crippen LogP contribution in [0.15, 0.2) is 22.8 Å². The van der Waals surface area contributed by atoms with E-state index in [-0.39, 0.29) is 6.54 Å². The summed E-state index contributed by atoms with van der Waals surface area (Å²) in [6, 6.07) is 3.50. The van der Waals surface area contributed by atoms with Gasteiger partial charge in [-0.3, -0.25) is 0 Å². The van der Waals surface area contributed by atoms with Gasteiger partial charge < -0.3 is 4.42 Å². The molecule has 1 aromatic heterocycles. The molecule has 1 aromatic rings. The second-order valence-corrected chi connectivity index (χ2v) is 6.92. The molecule has 1 N–H and O–H groups in total. The van der Waals surface area contributed by atoms with E-state index in [0.29, 0.717) is 30.7 Å². The number of nitrogens with one attached hydrogen (secondary N) is 1. The molecule has 0 aliphatic carbocycles. The highest BCUT2D eigenvalue weighted by Gasteiger charge is 2.30. The molecule has 18 heavy (non-hydrogen) atoms. The largest absolute Gasteiger partial charge is 0.468 e. The van der Waals surface area contributed by atoms with Crippen molar-refractivity contribution in [3.05, 3.63) is 24.2 Å². The average Bonchev–Trinajstić information content (AvgIpc) is 2.78. The van der Waals surface area contributed by atoms with Gasteiger partial charge in [-0.1, -0.05) is 13.8 Å². The molecule has 1 aliphatic rings. The van der Waals surface area contributed by atoms with Crippen LogP contribution in [0.4, 0.5) is 0 Å². The Morgan fingerprint density at radius 2 is 2.06 bits per heavy atom. The first kappa shape index (κ1) is 13.6. The van der Waals surface area contributed by atoms with Crippen LogP contribution in [0.2, 0.25) is 0 Å². The Morgan fingerprint density at radius 3 is 2.61 bits per heavy atom. The molecule has 102 valence electrons. The van der Waals surface area contributed by atoms with Gasteiger partial charge in [0.05, 0.1) is 12.8 Å². The lowest BCUT2D eigenvalue weighted by molar-refractivity contribution is 0.220. The number of piperidine rings is 1. The number of hydrogen-bond acceptors (Lipinski definition) is 3. The zero-order valence-electron chi connectivity index (χ0n) is 10.8. The summed E-state index contributed by atoms with van der Waals surface area (Å²) >= 11 is 0. The van der Waals surface area contributed by atoms with Crippen LogP contribution in [0.3, 0.4) is 0 Å². The van der Waals surface area contributed by atoms with E-state index in [0.717, 1.165) is 6.42 Å². The maximum absolute atomic E-state index is 12.1. The molecule has 0 radical (unpaired) electrons. The van der Waals surface area contributed by atoms with Crippen molar-refractivity contribution in [1.82, 2.24) is 9.03 Å². The van der Waals surface area contributed by atoms with E-state index in [1.807, 2.05) is 0 Å². The van der Waals surface area contributed by atoms with Crippen LogP contribution in [-0.2, 0) is 16.8 Å². The Bertz CT molecular complexity index is 460. The Labute approximate surface area is 108 Å². The minimum Gasteiger partial charge on any atom is -0.468 e. The molecule has 0 saturated carbocycles. The van der Waals surface area contributed by atoms with Crippen LogP contribution in [0.25, 0.3) is 0 Å². The van der Waals surface area contributed by atoms with E-state index < -0.39 is 10.2 Å². The maximum Gasteiger partial charge on any atom is 0.279 e. The van der Waals surface area contributed by atoms with Gasteiger partial charge in [-0.15, -0.1) is 0 Å². The molecule has 2 rings (SSSR count). The van der Waals surface area contributed by atoms with E-state index in [9.17, 15) is 8.42 Å². The highest BCUT2D eigenvalue weighted by Crippen LogP contribution is 2.22. The van der Waals surface area contributed by atoms with Crippen molar-refractivity contribution in [3.8, 4) is 0 Å². The molecule has 5 nitrogen and oxygen atoms in total. The third-order valence-corrected chi connectivity index (χ3v) is 4.67. The Morgan fingerprint density at radius 1 is 1.39 bits per heavy atom. The Balaban J connectivity index is 1.97. The normalized spacial score (nSPS) is 26.3. The molecule has 1 fully saturated rings. The lowest BCUT2D eigenvalue weighted by Crippen LogP contribution is -2.47. The molecule has 1 saturated heterocycles. The lowest BCUT2D eigenvalue weighted by Gasteiger charge is -2.33. The van der Waals surface area contributed by atoms with Crippen LogP contribution in [0, 0.1) is 11.8 Å². The summed E-state index contributed by atoms with van der Waals surface area (Å²) in [6.07, 6.45) is 2.62. The zero-order chi connectivity index (χ0) is 13.2. The quantitative estimate of drug-likeness (QED) is 0.905. The smallest absolute Gasteiger partial charge is 0.279 e. The third kappa shape index (κ3) is 3.34. The van der Waals surface area contributed by atoms with Gasteiger partial charge >= 0.3 is 0 Å². The summed E-state index contributed by atoms with van der Waals surface area (Å²) in [5.74, 6) is 1.44. The van der Waals surface area contributed by atoms with Crippen LogP contribution in [0.1, 0.15) is 26.0 Å². The van der Waals surface area contributed by atoms with E-state index in [1.165, 1.54) is 10.6 Å². The Kier molecular flexibility index (Phi) is 4.09. The fourth-order valence-electron chi connectivity index (χ4n) is 2.47. The number of furan rings is 1. The zero-order valence-corrected chi connectivity index (χ0v) is 11.6. The molecule has 2 heterocycles. The van der Waals surface area contributed by atoms with Crippen molar-refractivity contribution in [1.29, 1.82) is 0 Å². The molecule has 0 spiro atoms. The first-order valence-corrected chi connectivity index (χ1v) is 7.68. The fraction of sp³-hybridized carbons (Fsp3) is 0.667. The van der Waals surface area contributed by atoms with Gasteiger partial charge in [-0.25, -0.2) is 0 Å². The van der Waals surface area contributed by atoms with Gasteiger partial charge in [-0.05, 0) is 30.4 Å². The van der Waals surface area contributed by atoms with Gasteiger partial charge in [0.1, 0.15) is 5.76 Å². The maximum atomic E-state index is 12.1. The van der Waals surface area contributed by atoms with Gasteiger partial charge in [0.2, 0.25) is 0 Å². The SMILES string of the molecule is CC1CC(C)CN(S(=O)(=O)NCc2ccco2)C1.